The number of aromatic nitrogens is 3. The van der Waals surface area contributed by atoms with Crippen LogP contribution in [0.15, 0.2) is 24.5 Å². The van der Waals surface area contributed by atoms with Gasteiger partial charge in [0.1, 0.15) is 18.7 Å². The quantitative estimate of drug-likeness (QED) is 0.772. The predicted octanol–water partition coefficient (Wildman–Crippen LogP) is 1.91. The summed E-state index contributed by atoms with van der Waals surface area (Å²) in [6.45, 7) is 3.78. The van der Waals surface area contributed by atoms with Gasteiger partial charge < -0.3 is 4.74 Å². The molecule has 0 radical (unpaired) electrons. The molecule has 0 bridgehead atoms. The molecule has 18 heavy (non-hydrogen) atoms. The maximum atomic E-state index is 11.5. The third kappa shape index (κ3) is 2.56. The van der Waals surface area contributed by atoms with Crippen molar-refractivity contribution in [2.45, 2.75) is 20.5 Å². The number of carbonyl (C=O) groups excluding carboxylic acids is 1. The van der Waals surface area contributed by atoms with Crippen molar-refractivity contribution < 1.29 is 9.53 Å². The molecule has 5 nitrogen and oxygen atoms in total. The molecule has 2 rings (SSSR count). The summed E-state index contributed by atoms with van der Waals surface area (Å²) in [7, 11) is 1.80. The number of hydrogen-bond acceptors (Lipinski definition) is 4. The fourth-order valence-corrected chi connectivity index (χ4v) is 1.63. The molecule has 94 valence electrons. The minimum absolute atomic E-state index is 0.0111. The largest absolute Gasteiger partial charge is 0.485 e. The maximum Gasteiger partial charge on any atom is 0.164 e. The summed E-state index contributed by atoms with van der Waals surface area (Å²) in [4.78, 5) is 15.6. The van der Waals surface area contributed by atoms with E-state index in [-0.39, 0.29) is 5.78 Å². The minimum Gasteiger partial charge on any atom is -0.485 e. The molecule has 5 heteroatoms. The van der Waals surface area contributed by atoms with Gasteiger partial charge in [-0.15, -0.1) is 0 Å². The molecule has 0 aliphatic rings. The van der Waals surface area contributed by atoms with E-state index in [2.05, 4.69) is 10.1 Å². The standard InChI is InChI=1S/C13H15N3O2/c1-9-4-5-11(10(2)17)12(6-9)18-7-13-14-8-15-16(13)3/h4-6,8H,7H2,1-3H3. The lowest BCUT2D eigenvalue weighted by molar-refractivity contribution is 0.101. The van der Waals surface area contributed by atoms with Crippen molar-refractivity contribution in [2.75, 3.05) is 0 Å². The Morgan fingerprint density at radius 3 is 2.83 bits per heavy atom. The van der Waals surface area contributed by atoms with Gasteiger partial charge in [-0.3, -0.25) is 9.48 Å². The van der Waals surface area contributed by atoms with Crippen LogP contribution >= 0.6 is 0 Å². The van der Waals surface area contributed by atoms with E-state index in [0.29, 0.717) is 23.7 Å². The van der Waals surface area contributed by atoms with Crippen LogP contribution in [0.3, 0.4) is 0 Å². The monoisotopic (exact) mass is 245 g/mol. The Balaban J connectivity index is 2.20. The molecule has 0 aliphatic carbocycles. The van der Waals surface area contributed by atoms with Gasteiger partial charge in [0, 0.05) is 7.05 Å². The molecular formula is C13H15N3O2. The Bertz CT molecular complexity index is 575. The SMILES string of the molecule is CC(=O)c1ccc(C)cc1OCc1ncnn1C. The molecule has 1 aromatic heterocycles. The summed E-state index contributed by atoms with van der Waals surface area (Å²) < 4.78 is 7.30. The van der Waals surface area contributed by atoms with Crippen LogP contribution in [-0.2, 0) is 13.7 Å². The summed E-state index contributed by atoms with van der Waals surface area (Å²) in [5.74, 6) is 1.29. The molecule has 0 fully saturated rings. The van der Waals surface area contributed by atoms with Gasteiger partial charge in [0.25, 0.3) is 0 Å². The van der Waals surface area contributed by atoms with Crippen LogP contribution < -0.4 is 4.74 Å². The number of Topliss-reactive ketones (excluding diaryl/α,β-unsaturated/α-hetero) is 1. The van der Waals surface area contributed by atoms with E-state index in [4.69, 9.17) is 4.74 Å². The Morgan fingerprint density at radius 1 is 1.44 bits per heavy atom. The molecule has 1 aromatic carbocycles. The van der Waals surface area contributed by atoms with E-state index in [9.17, 15) is 4.79 Å². The second kappa shape index (κ2) is 5.00. The number of ketones is 1. The first-order valence-corrected chi connectivity index (χ1v) is 5.65. The highest BCUT2D eigenvalue weighted by Crippen LogP contribution is 2.21. The van der Waals surface area contributed by atoms with Gasteiger partial charge in [0.2, 0.25) is 0 Å². The predicted molar refractivity (Wildman–Crippen MR) is 66.5 cm³/mol. The van der Waals surface area contributed by atoms with Crippen LogP contribution in [0.1, 0.15) is 28.7 Å². The zero-order valence-corrected chi connectivity index (χ0v) is 10.7. The topological polar surface area (TPSA) is 57.0 Å². The van der Waals surface area contributed by atoms with E-state index in [1.807, 2.05) is 19.1 Å². The lowest BCUT2D eigenvalue weighted by Crippen LogP contribution is -2.07. The Morgan fingerprint density at radius 2 is 2.22 bits per heavy atom. The molecular weight excluding hydrogens is 230 g/mol. The summed E-state index contributed by atoms with van der Waals surface area (Å²) in [6, 6.07) is 5.53. The fraction of sp³-hybridized carbons (Fsp3) is 0.308. The smallest absolute Gasteiger partial charge is 0.164 e. The first-order valence-electron chi connectivity index (χ1n) is 5.65. The van der Waals surface area contributed by atoms with Gasteiger partial charge in [-0.25, -0.2) is 4.98 Å². The van der Waals surface area contributed by atoms with Crippen LogP contribution in [0.5, 0.6) is 5.75 Å². The van der Waals surface area contributed by atoms with Crippen molar-refractivity contribution in [3.8, 4) is 5.75 Å². The summed E-state index contributed by atoms with van der Waals surface area (Å²) in [5.41, 5.74) is 1.63. The van der Waals surface area contributed by atoms with Gasteiger partial charge in [-0.1, -0.05) is 6.07 Å². The second-order valence-electron chi connectivity index (χ2n) is 4.14. The fourth-order valence-electron chi connectivity index (χ4n) is 1.63. The molecule has 0 N–H and O–H groups in total. The lowest BCUT2D eigenvalue weighted by Gasteiger charge is -2.10. The van der Waals surface area contributed by atoms with Crippen molar-refractivity contribution >= 4 is 5.78 Å². The average Bonchev–Trinajstić information content (AvgIpc) is 2.72. The number of nitrogens with zero attached hydrogens (tertiary/aromatic N) is 3. The van der Waals surface area contributed by atoms with E-state index in [1.54, 1.807) is 17.8 Å². The molecule has 0 amide bonds. The van der Waals surface area contributed by atoms with Crippen LogP contribution in [-0.4, -0.2) is 20.5 Å². The molecule has 0 spiro atoms. The van der Waals surface area contributed by atoms with E-state index in [0.717, 1.165) is 5.56 Å². The van der Waals surface area contributed by atoms with E-state index < -0.39 is 0 Å². The van der Waals surface area contributed by atoms with Crippen molar-refractivity contribution in [3.63, 3.8) is 0 Å². The summed E-state index contributed by atoms with van der Waals surface area (Å²) in [6.07, 6.45) is 1.47. The zero-order valence-electron chi connectivity index (χ0n) is 10.7. The van der Waals surface area contributed by atoms with E-state index >= 15 is 0 Å². The lowest BCUT2D eigenvalue weighted by atomic mass is 10.1. The van der Waals surface area contributed by atoms with Gasteiger partial charge in [0.15, 0.2) is 11.6 Å². The maximum absolute atomic E-state index is 11.5. The highest BCUT2D eigenvalue weighted by molar-refractivity contribution is 5.96. The first kappa shape index (κ1) is 12.3. The van der Waals surface area contributed by atoms with Crippen molar-refractivity contribution in [3.05, 3.63) is 41.5 Å². The Hall–Kier alpha value is -2.17. The third-order valence-corrected chi connectivity index (χ3v) is 2.68. The molecule has 0 saturated heterocycles. The number of ether oxygens (including phenoxy) is 1. The molecule has 0 aliphatic heterocycles. The second-order valence-corrected chi connectivity index (χ2v) is 4.14. The number of benzene rings is 1. The first-order chi connectivity index (χ1) is 8.58. The van der Waals surface area contributed by atoms with Gasteiger partial charge in [0.05, 0.1) is 5.56 Å². The molecule has 1 heterocycles. The van der Waals surface area contributed by atoms with Gasteiger partial charge in [-0.2, -0.15) is 5.10 Å². The Labute approximate surface area is 105 Å². The highest BCUT2D eigenvalue weighted by atomic mass is 16.5. The highest BCUT2D eigenvalue weighted by Gasteiger charge is 2.10. The zero-order chi connectivity index (χ0) is 13.1. The molecule has 0 unspecified atom stereocenters. The molecule has 2 aromatic rings. The van der Waals surface area contributed by atoms with E-state index in [1.165, 1.54) is 13.3 Å². The van der Waals surface area contributed by atoms with Crippen molar-refractivity contribution in [1.29, 1.82) is 0 Å². The summed E-state index contributed by atoms with van der Waals surface area (Å²) >= 11 is 0. The average molecular weight is 245 g/mol. The normalized spacial score (nSPS) is 10.4. The molecule has 0 atom stereocenters. The molecule has 0 saturated carbocycles. The van der Waals surface area contributed by atoms with Gasteiger partial charge in [-0.05, 0) is 31.5 Å². The summed E-state index contributed by atoms with van der Waals surface area (Å²) in [5, 5.41) is 3.96. The minimum atomic E-state index is -0.0111. The van der Waals surface area contributed by atoms with Crippen molar-refractivity contribution in [1.82, 2.24) is 14.8 Å². The number of rotatable bonds is 4. The van der Waals surface area contributed by atoms with Crippen LogP contribution in [0.2, 0.25) is 0 Å². The number of aryl methyl sites for hydroxylation is 2. The van der Waals surface area contributed by atoms with Crippen LogP contribution in [0.4, 0.5) is 0 Å². The van der Waals surface area contributed by atoms with Crippen LogP contribution in [0.25, 0.3) is 0 Å². The van der Waals surface area contributed by atoms with Crippen LogP contribution in [0, 0.1) is 6.92 Å². The van der Waals surface area contributed by atoms with Crippen molar-refractivity contribution in [2.24, 2.45) is 7.05 Å². The third-order valence-electron chi connectivity index (χ3n) is 2.68. The van der Waals surface area contributed by atoms with Gasteiger partial charge >= 0.3 is 0 Å². The number of hydrogen-bond donors (Lipinski definition) is 0. The number of carbonyl (C=O) groups is 1. The Kier molecular flexibility index (Phi) is 3.41.